The van der Waals surface area contributed by atoms with E-state index in [4.69, 9.17) is 0 Å². The van der Waals surface area contributed by atoms with E-state index >= 15 is 0 Å². The van der Waals surface area contributed by atoms with Crippen molar-refractivity contribution >= 4 is 5.78 Å². The van der Waals surface area contributed by atoms with E-state index in [1.165, 1.54) is 0 Å². The minimum Gasteiger partial charge on any atom is -0.388 e. The van der Waals surface area contributed by atoms with Crippen molar-refractivity contribution in [2.45, 2.75) is 19.4 Å². The minimum atomic E-state index is 0. The van der Waals surface area contributed by atoms with E-state index in [-0.39, 0.29) is 7.21 Å². The maximum Gasteiger partial charge on any atom is 0.159 e. The fraction of sp³-hybridized carbons (Fsp3) is 0.500. The van der Waals surface area contributed by atoms with Crippen molar-refractivity contribution in [1.29, 1.82) is 0 Å². The summed E-state index contributed by atoms with van der Waals surface area (Å²) in [4.78, 5) is 10.5. The molecule has 0 aliphatic carbocycles. The normalized spacial score (nSPS) is 27.6. The first-order chi connectivity index (χ1) is 3.79. The number of hydrogen-bond acceptors (Lipinski definition) is 2. The summed E-state index contributed by atoms with van der Waals surface area (Å²) in [5.41, 5.74) is 0. The first-order valence-corrected chi connectivity index (χ1v) is 2.74. The van der Waals surface area contributed by atoms with E-state index in [0.29, 0.717) is 12.5 Å². The Morgan fingerprint density at radius 2 is 2.75 bits per heavy atom. The lowest BCUT2D eigenvalue weighted by Crippen LogP contribution is -2.27. The average molecular weight is 113 g/mol. The molecule has 1 atom stereocenters. The smallest absolute Gasteiger partial charge is 0.159 e. The van der Waals surface area contributed by atoms with Crippen molar-refractivity contribution in [3.8, 4) is 0 Å². The van der Waals surface area contributed by atoms with Gasteiger partial charge in [0, 0.05) is 20.1 Å². The van der Waals surface area contributed by atoms with Crippen LogP contribution in [0.1, 0.15) is 14.8 Å². The Labute approximate surface area is 50.1 Å². The molecule has 0 radical (unpaired) electrons. The number of nitrogens with one attached hydrogen (secondary N) is 1. The van der Waals surface area contributed by atoms with Crippen molar-refractivity contribution < 1.29 is 6.22 Å². The first kappa shape index (κ1) is 5.35. The highest BCUT2D eigenvalue weighted by Gasteiger charge is 2.07. The molecule has 0 bridgehead atoms. The summed E-state index contributed by atoms with van der Waals surface area (Å²) in [5.74, 6) is 0.219. The van der Waals surface area contributed by atoms with Crippen LogP contribution in [0.5, 0.6) is 0 Å². The molecule has 1 heterocycles. The number of rotatable bonds is 0. The number of hydrogen-bond donors (Lipinski definition) is 1. The van der Waals surface area contributed by atoms with Gasteiger partial charge in [-0.2, -0.15) is 0 Å². The Hall–Kier alpha value is -0.790. The topological polar surface area (TPSA) is 29.1 Å². The van der Waals surface area contributed by atoms with Gasteiger partial charge in [-0.1, -0.05) is 0 Å². The zero-order valence-electron chi connectivity index (χ0n) is 4.85. The Balaban J connectivity index is 0.000000640. The van der Waals surface area contributed by atoms with Gasteiger partial charge in [0.15, 0.2) is 5.78 Å². The largest absolute Gasteiger partial charge is 0.388 e. The van der Waals surface area contributed by atoms with E-state index in [2.05, 4.69) is 5.32 Å². The molecule has 1 aliphatic heterocycles. The van der Waals surface area contributed by atoms with E-state index in [0.717, 1.165) is 0 Å². The summed E-state index contributed by atoms with van der Waals surface area (Å²) < 4.78 is 0. The minimum absolute atomic E-state index is 0. The monoisotopic (exact) mass is 113 g/mol. The molecular weight excluding hydrogens is 102 g/mol. The highest BCUT2D eigenvalue weighted by molar-refractivity contribution is 5.90. The van der Waals surface area contributed by atoms with E-state index in [1.807, 2.05) is 6.92 Å². The van der Waals surface area contributed by atoms with Crippen LogP contribution in [0.15, 0.2) is 12.3 Å². The molecular formula is C6H11NO. The molecule has 1 N–H and O–H groups in total. The van der Waals surface area contributed by atoms with Gasteiger partial charge in [0.25, 0.3) is 0 Å². The SMILES string of the molecule is CC1CC(=O)C=CN1.[HH]. The van der Waals surface area contributed by atoms with Crippen molar-refractivity contribution in [2.24, 2.45) is 0 Å². The van der Waals surface area contributed by atoms with Crippen LogP contribution in [0.4, 0.5) is 0 Å². The number of carbonyl (C=O) groups excluding carboxylic acids is 1. The summed E-state index contributed by atoms with van der Waals surface area (Å²) in [6.45, 7) is 1.99. The van der Waals surface area contributed by atoms with Crippen molar-refractivity contribution in [2.75, 3.05) is 0 Å². The fourth-order valence-electron chi connectivity index (χ4n) is 0.734. The van der Waals surface area contributed by atoms with Crippen LogP contribution in [0.2, 0.25) is 0 Å². The van der Waals surface area contributed by atoms with Crippen LogP contribution in [-0.4, -0.2) is 11.8 Å². The van der Waals surface area contributed by atoms with Gasteiger partial charge >= 0.3 is 0 Å². The van der Waals surface area contributed by atoms with Gasteiger partial charge in [-0.15, -0.1) is 0 Å². The Morgan fingerprint density at radius 3 is 3.12 bits per heavy atom. The van der Waals surface area contributed by atoms with Gasteiger partial charge in [0.2, 0.25) is 0 Å². The number of ketones is 1. The molecule has 0 amide bonds. The van der Waals surface area contributed by atoms with Gasteiger partial charge < -0.3 is 5.32 Å². The molecule has 46 valence electrons. The zero-order valence-corrected chi connectivity index (χ0v) is 4.85. The lowest BCUT2D eigenvalue weighted by Gasteiger charge is -2.12. The second-order valence-electron chi connectivity index (χ2n) is 2.07. The van der Waals surface area contributed by atoms with Gasteiger partial charge in [0.05, 0.1) is 0 Å². The summed E-state index contributed by atoms with van der Waals surface area (Å²) in [6, 6.07) is 0.326. The predicted octanol–water partition coefficient (Wildman–Crippen LogP) is 0.697. The zero-order chi connectivity index (χ0) is 5.98. The summed E-state index contributed by atoms with van der Waals surface area (Å²) in [6.07, 6.45) is 3.91. The molecule has 2 nitrogen and oxygen atoms in total. The van der Waals surface area contributed by atoms with Crippen LogP contribution >= 0.6 is 0 Å². The van der Waals surface area contributed by atoms with Crippen molar-refractivity contribution in [3.63, 3.8) is 0 Å². The quantitative estimate of drug-likeness (QED) is 0.501. The van der Waals surface area contributed by atoms with Crippen molar-refractivity contribution in [1.82, 2.24) is 5.32 Å². The molecule has 1 aliphatic rings. The molecule has 0 aromatic heterocycles. The summed E-state index contributed by atoms with van der Waals surface area (Å²) in [7, 11) is 0. The summed E-state index contributed by atoms with van der Waals surface area (Å²) in [5, 5.41) is 3.01. The van der Waals surface area contributed by atoms with Crippen LogP contribution in [0.3, 0.4) is 0 Å². The Morgan fingerprint density at radius 1 is 2.00 bits per heavy atom. The third kappa shape index (κ3) is 1.09. The van der Waals surface area contributed by atoms with E-state index in [1.54, 1.807) is 12.3 Å². The molecule has 0 fully saturated rings. The fourth-order valence-corrected chi connectivity index (χ4v) is 0.734. The standard InChI is InChI=1S/C6H9NO.H2/c1-5-4-6(8)2-3-7-5;/h2-3,5,7H,4H2,1H3;1H. The van der Waals surface area contributed by atoms with E-state index in [9.17, 15) is 4.79 Å². The number of carbonyl (C=O) groups is 1. The highest BCUT2D eigenvalue weighted by atomic mass is 16.1. The molecule has 0 saturated carbocycles. The van der Waals surface area contributed by atoms with Gasteiger partial charge in [-0.3, -0.25) is 4.79 Å². The molecule has 8 heavy (non-hydrogen) atoms. The number of allylic oxidation sites excluding steroid dienone is 1. The van der Waals surface area contributed by atoms with E-state index < -0.39 is 0 Å². The Bertz CT molecular complexity index is 133. The first-order valence-electron chi connectivity index (χ1n) is 2.74. The van der Waals surface area contributed by atoms with Gasteiger partial charge in [-0.25, -0.2) is 0 Å². The van der Waals surface area contributed by atoms with Gasteiger partial charge in [0.1, 0.15) is 0 Å². The molecule has 2 heteroatoms. The lowest BCUT2D eigenvalue weighted by molar-refractivity contribution is -0.115. The van der Waals surface area contributed by atoms with Crippen molar-refractivity contribution in [3.05, 3.63) is 12.3 Å². The maximum atomic E-state index is 10.5. The molecule has 0 aromatic carbocycles. The maximum absolute atomic E-state index is 10.5. The van der Waals surface area contributed by atoms with Gasteiger partial charge in [-0.05, 0) is 13.0 Å². The molecule has 0 spiro atoms. The molecule has 0 saturated heterocycles. The van der Waals surface area contributed by atoms with Crippen LogP contribution in [0, 0.1) is 0 Å². The molecule has 1 rings (SSSR count). The predicted molar refractivity (Wildman–Crippen MR) is 33.5 cm³/mol. The average Bonchev–Trinajstić information content (AvgIpc) is 1.64. The second kappa shape index (κ2) is 1.99. The van der Waals surface area contributed by atoms with Crippen LogP contribution < -0.4 is 5.32 Å². The third-order valence-electron chi connectivity index (χ3n) is 1.16. The summed E-state index contributed by atoms with van der Waals surface area (Å²) >= 11 is 0. The molecule has 0 aromatic rings. The lowest BCUT2D eigenvalue weighted by atomic mass is 10.1. The molecule has 1 unspecified atom stereocenters. The second-order valence-corrected chi connectivity index (χ2v) is 2.07. The van der Waals surface area contributed by atoms with Crippen LogP contribution in [0.25, 0.3) is 0 Å². The Kier molecular flexibility index (Phi) is 1.33. The van der Waals surface area contributed by atoms with Crippen LogP contribution in [-0.2, 0) is 4.79 Å². The highest BCUT2D eigenvalue weighted by Crippen LogP contribution is 1.97. The third-order valence-corrected chi connectivity index (χ3v) is 1.16.